The molecule has 2 rings (SSSR count). The summed E-state index contributed by atoms with van der Waals surface area (Å²) in [5, 5.41) is 3.42. The van der Waals surface area contributed by atoms with Gasteiger partial charge in [0.2, 0.25) is 0 Å². The third-order valence-electron chi connectivity index (χ3n) is 2.22. The molecule has 1 aromatic heterocycles. The number of halogens is 1. The summed E-state index contributed by atoms with van der Waals surface area (Å²) in [6.07, 6.45) is 0. The zero-order valence-electron chi connectivity index (χ0n) is 8.75. The minimum atomic E-state index is 0.463. The van der Waals surface area contributed by atoms with Gasteiger partial charge in [-0.05, 0) is 17.7 Å². The van der Waals surface area contributed by atoms with Crippen LogP contribution in [0.3, 0.4) is 0 Å². The molecule has 3 nitrogen and oxygen atoms in total. The summed E-state index contributed by atoms with van der Waals surface area (Å²) in [5.41, 5.74) is 5.00. The molecule has 0 aliphatic heterocycles. The first-order valence-electron chi connectivity index (χ1n) is 4.75. The molecule has 0 bridgehead atoms. The van der Waals surface area contributed by atoms with E-state index in [0.29, 0.717) is 11.8 Å². The van der Waals surface area contributed by atoms with Crippen LogP contribution in [0.5, 0.6) is 0 Å². The van der Waals surface area contributed by atoms with Crippen LogP contribution in [-0.2, 0) is 6.54 Å². The molecule has 0 aliphatic carbocycles. The van der Waals surface area contributed by atoms with Crippen molar-refractivity contribution in [2.45, 2.75) is 6.54 Å². The first kappa shape index (κ1) is 10.5. The molecule has 0 aliphatic rings. The average molecular weight is 225 g/mol. The van der Waals surface area contributed by atoms with Crippen molar-refractivity contribution in [3.05, 3.63) is 35.0 Å². The Morgan fingerprint density at radius 3 is 2.80 bits per heavy atom. The van der Waals surface area contributed by atoms with Gasteiger partial charge in [-0.3, -0.25) is 10.4 Å². The number of hydrogen-bond acceptors (Lipinski definition) is 3. The maximum atomic E-state index is 6.03. The van der Waals surface area contributed by atoms with E-state index in [2.05, 4.69) is 5.43 Å². The van der Waals surface area contributed by atoms with Crippen molar-refractivity contribution in [1.82, 2.24) is 10.4 Å². The highest BCUT2D eigenvalue weighted by Gasteiger charge is 2.11. The smallest absolute Gasteiger partial charge is 0.199 e. The van der Waals surface area contributed by atoms with Crippen molar-refractivity contribution in [3.8, 4) is 0 Å². The lowest BCUT2D eigenvalue weighted by atomic mass is 10.2. The topological polar surface area (TPSA) is 28.4 Å². The van der Waals surface area contributed by atoms with Crippen LogP contribution >= 0.6 is 11.6 Å². The van der Waals surface area contributed by atoms with Gasteiger partial charge in [0.05, 0.1) is 0 Å². The zero-order valence-corrected chi connectivity index (χ0v) is 9.51. The Hall–Kier alpha value is -1.03. The monoisotopic (exact) mass is 224 g/mol. The normalized spacial score (nSPS) is 11.5. The third kappa shape index (κ3) is 2.15. The fraction of sp³-hybridized carbons (Fsp3) is 0.273. The second kappa shape index (κ2) is 4.23. The second-order valence-corrected chi connectivity index (χ2v) is 3.92. The van der Waals surface area contributed by atoms with E-state index in [4.69, 9.17) is 16.0 Å². The van der Waals surface area contributed by atoms with Crippen LogP contribution in [0.2, 0.25) is 5.22 Å². The van der Waals surface area contributed by atoms with Gasteiger partial charge in [0.15, 0.2) is 5.22 Å². The van der Waals surface area contributed by atoms with Crippen LogP contribution in [-0.4, -0.2) is 19.1 Å². The van der Waals surface area contributed by atoms with E-state index >= 15 is 0 Å². The predicted octanol–water partition coefficient (Wildman–Crippen LogP) is 2.65. The Balaban J connectivity index is 2.36. The van der Waals surface area contributed by atoms with Crippen molar-refractivity contribution in [2.24, 2.45) is 0 Å². The Morgan fingerprint density at radius 2 is 2.07 bits per heavy atom. The standard InChI is InChI=1S/C11H13ClN2O/c1-14(2)13-7-9-8-5-3-4-6-10(8)15-11(9)12/h3-6,13H,7H2,1-2H3. The molecular weight excluding hydrogens is 212 g/mol. The van der Waals surface area contributed by atoms with Gasteiger partial charge in [-0.15, -0.1) is 0 Å². The molecule has 0 amide bonds. The number of hydrazine groups is 1. The van der Waals surface area contributed by atoms with Crippen LogP contribution in [0, 0.1) is 0 Å². The number of nitrogens with one attached hydrogen (secondary N) is 1. The molecule has 0 saturated carbocycles. The second-order valence-electron chi connectivity index (χ2n) is 3.58. The predicted molar refractivity (Wildman–Crippen MR) is 61.8 cm³/mol. The highest BCUT2D eigenvalue weighted by Crippen LogP contribution is 2.29. The molecule has 0 radical (unpaired) electrons. The first-order valence-corrected chi connectivity index (χ1v) is 5.13. The van der Waals surface area contributed by atoms with E-state index in [9.17, 15) is 0 Å². The summed E-state index contributed by atoms with van der Waals surface area (Å²) < 4.78 is 5.44. The molecule has 1 aromatic carbocycles. The highest BCUT2D eigenvalue weighted by molar-refractivity contribution is 6.30. The zero-order chi connectivity index (χ0) is 10.8. The fourth-order valence-electron chi connectivity index (χ4n) is 1.47. The maximum absolute atomic E-state index is 6.03. The lowest BCUT2D eigenvalue weighted by Gasteiger charge is -2.10. The van der Waals surface area contributed by atoms with Crippen LogP contribution in [0.4, 0.5) is 0 Å². The largest absolute Gasteiger partial charge is 0.444 e. The molecule has 0 spiro atoms. The molecule has 1 heterocycles. The van der Waals surface area contributed by atoms with Crippen molar-refractivity contribution in [3.63, 3.8) is 0 Å². The molecule has 0 saturated heterocycles. The van der Waals surface area contributed by atoms with Crippen LogP contribution in [0.1, 0.15) is 5.56 Å². The molecular formula is C11H13ClN2O. The summed E-state index contributed by atoms with van der Waals surface area (Å²) in [4.78, 5) is 0. The van der Waals surface area contributed by atoms with Crippen LogP contribution in [0.25, 0.3) is 11.0 Å². The molecule has 15 heavy (non-hydrogen) atoms. The SMILES string of the molecule is CN(C)NCc1c(Cl)oc2ccccc12. The van der Waals surface area contributed by atoms with Crippen molar-refractivity contribution < 1.29 is 4.42 Å². The van der Waals surface area contributed by atoms with Gasteiger partial charge in [0, 0.05) is 31.6 Å². The van der Waals surface area contributed by atoms with Crippen LogP contribution in [0.15, 0.2) is 28.7 Å². The van der Waals surface area contributed by atoms with Gasteiger partial charge < -0.3 is 4.42 Å². The lowest BCUT2D eigenvalue weighted by Crippen LogP contribution is -2.29. The van der Waals surface area contributed by atoms with E-state index in [1.54, 1.807) is 0 Å². The van der Waals surface area contributed by atoms with Gasteiger partial charge in [-0.2, -0.15) is 0 Å². The summed E-state index contributed by atoms with van der Waals surface area (Å²) in [6.45, 7) is 0.669. The molecule has 4 heteroatoms. The van der Waals surface area contributed by atoms with Gasteiger partial charge >= 0.3 is 0 Å². The van der Waals surface area contributed by atoms with Crippen molar-refractivity contribution in [1.29, 1.82) is 0 Å². The highest BCUT2D eigenvalue weighted by atomic mass is 35.5. The van der Waals surface area contributed by atoms with Gasteiger partial charge in [-0.25, -0.2) is 0 Å². The fourth-order valence-corrected chi connectivity index (χ4v) is 1.72. The van der Waals surface area contributed by atoms with Crippen molar-refractivity contribution >= 4 is 22.6 Å². The summed E-state index contributed by atoms with van der Waals surface area (Å²) in [7, 11) is 3.88. The summed E-state index contributed by atoms with van der Waals surface area (Å²) >= 11 is 6.03. The van der Waals surface area contributed by atoms with E-state index in [0.717, 1.165) is 16.5 Å². The van der Waals surface area contributed by atoms with Crippen LogP contribution < -0.4 is 5.43 Å². The van der Waals surface area contributed by atoms with Gasteiger partial charge in [0.1, 0.15) is 5.58 Å². The number of benzene rings is 1. The quantitative estimate of drug-likeness (QED) is 0.813. The maximum Gasteiger partial charge on any atom is 0.199 e. The number of fused-ring (bicyclic) bond motifs is 1. The molecule has 2 aromatic rings. The number of para-hydroxylation sites is 1. The molecule has 0 fully saturated rings. The van der Waals surface area contributed by atoms with E-state index in [1.807, 2.05) is 43.4 Å². The third-order valence-corrected chi connectivity index (χ3v) is 2.53. The Kier molecular flexibility index (Phi) is 2.95. The number of furan rings is 1. The van der Waals surface area contributed by atoms with Gasteiger partial charge in [0.25, 0.3) is 0 Å². The number of rotatable bonds is 3. The molecule has 0 atom stereocenters. The van der Waals surface area contributed by atoms with E-state index < -0.39 is 0 Å². The Labute approximate surface area is 93.6 Å². The minimum absolute atomic E-state index is 0.463. The molecule has 1 N–H and O–H groups in total. The molecule has 0 unspecified atom stereocenters. The van der Waals surface area contributed by atoms with E-state index in [-0.39, 0.29) is 0 Å². The minimum Gasteiger partial charge on any atom is -0.444 e. The summed E-state index contributed by atoms with van der Waals surface area (Å²) in [5.74, 6) is 0. The summed E-state index contributed by atoms with van der Waals surface area (Å²) in [6, 6.07) is 7.84. The first-order chi connectivity index (χ1) is 7.18. The Morgan fingerprint density at radius 1 is 1.33 bits per heavy atom. The van der Waals surface area contributed by atoms with Gasteiger partial charge in [-0.1, -0.05) is 18.2 Å². The number of nitrogens with zero attached hydrogens (tertiary/aromatic N) is 1. The van der Waals surface area contributed by atoms with Crippen molar-refractivity contribution in [2.75, 3.05) is 14.1 Å². The lowest BCUT2D eigenvalue weighted by molar-refractivity contribution is 0.286. The Bertz CT molecular complexity index is 465. The number of hydrogen-bond donors (Lipinski definition) is 1. The van der Waals surface area contributed by atoms with E-state index in [1.165, 1.54) is 0 Å². The average Bonchev–Trinajstić information content (AvgIpc) is 2.50. The molecule has 80 valence electrons.